The number of halogens is 1. The predicted octanol–water partition coefficient (Wildman–Crippen LogP) is 1.25. The molecule has 2 amide bonds. The molecule has 2 N–H and O–H groups in total. The average Bonchev–Trinajstić information content (AvgIpc) is 3.13. The summed E-state index contributed by atoms with van der Waals surface area (Å²) in [5.41, 5.74) is 1.12. The van der Waals surface area contributed by atoms with Crippen LogP contribution in [-0.2, 0) is 9.59 Å². The Bertz CT molecular complexity index is 594. The summed E-state index contributed by atoms with van der Waals surface area (Å²) < 4.78 is 0. The van der Waals surface area contributed by atoms with Crippen molar-refractivity contribution in [2.24, 2.45) is 0 Å². The summed E-state index contributed by atoms with van der Waals surface area (Å²) in [6, 6.07) is 8.01. The number of amides is 2. The van der Waals surface area contributed by atoms with E-state index in [1.165, 1.54) is 0 Å². The Morgan fingerprint density at radius 1 is 1.16 bits per heavy atom. The summed E-state index contributed by atoms with van der Waals surface area (Å²) >= 11 is 5.92. The second kappa shape index (κ2) is 8.54. The van der Waals surface area contributed by atoms with Crippen molar-refractivity contribution >= 4 is 29.1 Å². The topological polar surface area (TPSA) is 64.7 Å². The Morgan fingerprint density at radius 2 is 1.88 bits per heavy atom. The number of anilines is 1. The van der Waals surface area contributed by atoms with E-state index >= 15 is 0 Å². The number of hydrogen-bond donors (Lipinski definition) is 2. The minimum atomic E-state index is -0.0486. The van der Waals surface area contributed by atoms with E-state index in [9.17, 15) is 9.59 Å². The van der Waals surface area contributed by atoms with E-state index in [1.54, 1.807) is 0 Å². The normalized spacial score (nSPS) is 20.6. The van der Waals surface area contributed by atoms with Crippen molar-refractivity contribution < 1.29 is 9.59 Å². The first kappa shape index (κ1) is 18.0. The zero-order valence-corrected chi connectivity index (χ0v) is 15.1. The number of piperazine rings is 1. The molecule has 0 spiro atoms. The van der Waals surface area contributed by atoms with Crippen molar-refractivity contribution in [3.05, 3.63) is 29.3 Å². The molecule has 0 aliphatic carbocycles. The van der Waals surface area contributed by atoms with Crippen LogP contribution >= 0.6 is 11.6 Å². The summed E-state index contributed by atoms with van der Waals surface area (Å²) in [5.74, 6) is -0.0592. The Labute approximate surface area is 153 Å². The number of hydrogen-bond acceptors (Lipinski definition) is 4. The van der Waals surface area contributed by atoms with Crippen LogP contribution in [0.3, 0.4) is 0 Å². The summed E-state index contributed by atoms with van der Waals surface area (Å²) in [6.45, 7) is 3.98. The van der Waals surface area contributed by atoms with Gasteiger partial charge >= 0.3 is 0 Å². The maximum absolute atomic E-state index is 12.3. The molecule has 1 atom stereocenters. The van der Waals surface area contributed by atoms with E-state index < -0.39 is 0 Å². The largest absolute Gasteiger partial charge is 0.368 e. The molecule has 2 aliphatic heterocycles. The van der Waals surface area contributed by atoms with Gasteiger partial charge in [-0.3, -0.25) is 9.59 Å². The third-order valence-corrected chi connectivity index (χ3v) is 5.11. The molecule has 0 radical (unpaired) electrons. The number of benzene rings is 1. The third-order valence-electron chi connectivity index (χ3n) is 4.86. The SMILES string of the molecule is O=C(CC1CCCN1)NCC(=O)N1CCN(c2ccc(Cl)cc2)CC1. The summed E-state index contributed by atoms with van der Waals surface area (Å²) in [6.07, 6.45) is 2.61. The smallest absolute Gasteiger partial charge is 0.242 e. The molecular formula is C18H25ClN4O2. The van der Waals surface area contributed by atoms with Gasteiger partial charge in [0.15, 0.2) is 0 Å². The molecule has 0 aromatic heterocycles. The van der Waals surface area contributed by atoms with Gasteiger partial charge in [0.05, 0.1) is 6.54 Å². The molecule has 2 heterocycles. The summed E-state index contributed by atoms with van der Waals surface area (Å²) in [4.78, 5) is 28.3. The first-order chi connectivity index (χ1) is 12.1. The molecule has 25 heavy (non-hydrogen) atoms. The molecular weight excluding hydrogens is 340 g/mol. The lowest BCUT2D eigenvalue weighted by molar-refractivity contribution is -0.133. The Hall–Kier alpha value is -1.79. The standard InChI is InChI=1S/C18H25ClN4O2/c19-14-3-5-16(6-4-14)22-8-10-23(11-9-22)18(25)13-21-17(24)12-15-2-1-7-20-15/h3-6,15,20H,1-2,7-13H2,(H,21,24). The molecule has 2 aliphatic rings. The van der Waals surface area contributed by atoms with Crippen LogP contribution in [-0.4, -0.2) is 62.0 Å². The zero-order chi connectivity index (χ0) is 17.6. The highest BCUT2D eigenvalue weighted by Gasteiger charge is 2.22. The number of carbonyl (C=O) groups excluding carboxylic acids is 2. The second-order valence-corrected chi connectivity index (χ2v) is 7.05. The van der Waals surface area contributed by atoms with Gasteiger partial charge in [0.1, 0.15) is 0 Å². The van der Waals surface area contributed by atoms with Crippen molar-refractivity contribution in [3.63, 3.8) is 0 Å². The van der Waals surface area contributed by atoms with E-state index in [-0.39, 0.29) is 24.4 Å². The molecule has 1 aromatic carbocycles. The third kappa shape index (κ3) is 5.09. The zero-order valence-electron chi connectivity index (χ0n) is 14.3. The highest BCUT2D eigenvalue weighted by molar-refractivity contribution is 6.30. The van der Waals surface area contributed by atoms with Crippen LogP contribution in [0.5, 0.6) is 0 Å². The van der Waals surface area contributed by atoms with Gasteiger partial charge in [0, 0.05) is 49.4 Å². The van der Waals surface area contributed by atoms with Crippen LogP contribution in [0.25, 0.3) is 0 Å². The molecule has 0 saturated carbocycles. The Kier molecular flexibility index (Phi) is 6.15. The molecule has 2 fully saturated rings. The van der Waals surface area contributed by atoms with Crippen LogP contribution in [0.2, 0.25) is 5.02 Å². The molecule has 6 nitrogen and oxygen atoms in total. The van der Waals surface area contributed by atoms with Crippen molar-refractivity contribution in [2.45, 2.75) is 25.3 Å². The van der Waals surface area contributed by atoms with Gasteiger partial charge in [0.2, 0.25) is 11.8 Å². The fourth-order valence-electron chi connectivity index (χ4n) is 3.38. The Balaban J connectivity index is 1.39. The molecule has 7 heteroatoms. The van der Waals surface area contributed by atoms with E-state index in [0.717, 1.165) is 43.2 Å². The number of rotatable bonds is 5. The minimum absolute atomic E-state index is 0.0107. The molecule has 3 rings (SSSR count). The van der Waals surface area contributed by atoms with Gasteiger partial charge in [-0.1, -0.05) is 11.6 Å². The van der Waals surface area contributed by atoms with Crippen molar-refractivity contribution in [3.8, 4) is 0 Å². The predicted molar refractivity (Wildman–Crippen MR) is 98.9 cm³/mol. The number of carbonyl (C=O) groups is 2. The first-order valence-corrected chi connectivity index (χ1v) is 9.28. The average molecular weight is 365 g/mol. The van der Waals surface area contributed by atoms with Crippen LogP contribution in [0, 0.1) is 0 Å². The van der Waals surface area contributed by atoms with E-state index in [0.29, 0.717) is 19.5 Å². The lowest BCUT2D eigenvalue weighted by Gasteiger charge is -2.36. The summed E-state index contributed by atoms with van der Waals surface area (Å²) in [5, 5.41) is 6.77. The molecule has 1 unspecified atom stereocenters. The van der Waals surface area contributed by atoms with Crippen molar-refractivity contribution in [1.82, 2.24) is 15.5 Å². The second-order valence-electron chi connectivity index (χ2n) is 6.62. The van der Waals surface area contributed by atoms with Crippen LogP contribution < -0.4 is 15.5 Å². The van der Waals surface area contributed by atoms with Crippen molar-refractivity contribution in [2.75, 3.05) is 44.2 Å². The maximum atomic E-state index is 12.3. The van der Waals surface area contributed by atoms with Gasteiger partial charge in [-0.2, -0.15) is 0 Å². The lowest BCUT2D eigenvalue weighted by Crippen LogP contribution is -2.51. The fraction of sp³-hybridized carbons (Fsp3) is 0.556. The van der Waals surface area contributed by atoms with Gasteiger partial charge in [-0.15, -0.1) is 0 Å². The Morgan fingerprint density at radius 3 is 2.52 bits per heavy atom. The molecule has 1 aromatic rings. The highest BCUT2D eigenvalue weighted by Crippen LogP contribution is 2.19. The highest BCUT2D eigenvalue weighted by atomic mass is 35.5. The summed E-state index contributed by atoms with van der Waals surface area (Å²) in [7, 11) is 0. The lowest BCUT2D eigenvalue weighted by atomic mass is 10.1. The van der Waals surface area contributed by atoms with Gasteiger partial charge in [0.25, 0.3) is 0 Å². The number of nitrogens with zero attached hydrogens (tertiary/aromatic N) is 2. The van der Waals surface area contributed by atoms with Crippen LogP contribution in [0.4, 0.5) is 5.69 Å². The van der Waals surface area contributed by atoms with E-state index in [2.05, 4.69) is 15.5 Å². The maximum Gasteiger partial charge on any atom is 0.242 e. The van der Waals surface area contributed by atoms with E-state index in [4.69, 9.17) is 11.6 Å². The number of nitrogens with one attached hydrogen (secondary N) is 2. The quantitative estimate of drug-likeness (QED) is 0.825. The van der Waals surface area contributed by atoms with Crippen LogP contribution in [0.1, 0.15) is 19.3 Å². The van der Waals surface area contributed by atoms with Gasteiger partial charge in [-0.05, 0) is 43.7 Å². The minimum Gasteiger partial charge on any atom is -0.368 e. The fourth-order valence-corrected chi connectivity index (χ4v) is 3.50. The monoisotopic (exact) mass is 364 g/mol. The van der Waals surface area contributed by atoms with E-state index in [1.807, 2.05) is 29.2 Å². The first-order valence-electron chi connectivity index (χ1n) is 8.90. The van der Waals surface area contributed by atoms with Crippen molar-refractivity contribution in [1.29, 1.82) is 0 Å². The van der Waals surface area contributed by atoms with Gasteiger partial charge < -0.3 is 20.4 Å². The molecule has 0 bridgehead atoms. The van der Waals surface area contributed by atoms with Crippen LogP contribution in [0.15, 0.2) is 24.3 Å². The molecule has 136 valence electrons. The van der Waals surface area contributed by atoms with Gasteiger partial charge in [-0.25, -0.2) is 0 Å². The molecule has 2 saturated heterocycles.